The van der Waals surface area contributed by atoms with Gasteiger partial charge < -0.3 is 14.9 Å². The van der Waals surface area contributed by atoms with Crippen LogP contribution in [0.4, 0.5) is 0 Å². The standard InChI is InChI=1S/C40H64O4/c1-3-4-5-6-7-8-9-10-11-12-13-14-15-16-20-23-34-44-39(43)24-21-18-17-19-22-33-40(2,35-25-29-37(41)30-26-35)36-27-31-38(42)32-28-36/h25-32,41-42H,3-24,33-34H2,1-2H3. The monoisotopic (exact) mass is 608 g/mol. The van der Waals surface area contributed by atoms with Gasteiger partial charge in [0.2, 0.25) is 0 Å². The van der Waals surface area contributed by atoms with Gasteiger partial charge >= 0.3 is 5.97 Å². The summed E-state index contributed by atoms with van der Waals surface area (Å²) >= 11 is 0. The van der Waals surface area contributed by atoms with Crippen molar-refractivity contribution in [3.63, 3.8) is 0 Å². The fourth-order valence-corrected chi connectivity index (χ4v) is 6.30. The van der Waals surface area contributed by atoms with Crippen LogP contribution in [0.2, 0.25) is 0 Å². The van der Waals surface area contributed by atoms with E-state index in [0.29, 0.717) is 13.0 Å². The van der Waals surface area contributed by atoms with Crippen LogP contribution in [0.1, 0.15) is 173 Å². The van der Waals surface area contributed by atoms with Crippen molar-refractivity contribution >= 4 is 5.97 Å². The molecular weight excluding hydrogens is 544 g/mol. The Kier molecular flexibility index (Phi) is 20.4. The van der Waals surface area contributed by atoms with Gasteiger partial charge in [0.25, 0.3) is 0 Å². The van der Waals surface area contributed by atoms with Gasteiger partial charge in [0.05, 0.1) is 6.61 Å². The van der Waals surface area contributed by atoms with Crippen molar-refractivity contribution in [2.45, 2.75) is 167 Å². The molecule has 2 aromatic carbocycles. The van der Waals surface area contributed by atoms with Gasteiger partial charge in [0.15, 0.2) is 0 Å². The van der Waals surface area contributed by atoms with E-state index in [9.17, 15) is 15.0 Å². The van der Waals surface area contributed by atoms with Gasteiger partial charge in [-0.1, -0.05) is 160 Å². The number of carbonyl (C=O) groups is 1. The summed E-state index contributed by atoms with van der Waals surface area (Å²) in [5.74, 6) is 0.494. The Morgan fingerprint density at radius 2 is 0.909 bits per heavy atom. The molecule has 248 valence electrons. The van der Waals surface area contributed by atoms with Gasteiger partial charge in [-0.15, -0.1) is 0 Å². The fourth-order valence-electron chi connectivity index (χ4n) is 6.30. The molecule has 0 aliphatic rings. The average molecular weight is 609 g/mol. The van der Waals surface area contributed by atoms with E-state index in [1.54, 1.807) is 24.3 Å². The topological polar surface area (TPSA) is 66.8 Å². The Bertz CT molecular complexity index is 920. The molecule has 0 radical (unpaired) electrons. The zero-order chi connectivity index (χ0) is 31.7. The molecule has 0 saturated heterocycles. The summed E-state index contributed by atoms with van der Waals surface area (Å²) in [6, 6.07) is 14.9. The number of aromatic hydroxyl groups is 2. The van der Waals surface area contributed by atoms with Crippen LogP contribution >= 0.6 is 0 Å². The molecule has 0 amide bonds. The number of esters is 1. The highest BCUT2D eigenvalue weighted by Gasteiger charge is 2.28. The van der Waals surface area contributed by atoms with E-state index in [1.165, 1.54) is 96.3 Å². The molecule has 2 aromatic rings. The molecule has 2 rings (SSSR count). The molecule has 44 heavy (non-hydrogen) atoms. The van der Waals surface area contributed by atoms with E-state index < -0.39 is 0 Å². The Morgan fingerprint density at radius 3 is 1.34 bits per heavy atom. The second kappa shape index (κ2) is 23.8. The minimum absolute atomic E-state index is 0.0433. The molecule has 0 heterocycles. The molecule has 0 atom stereocenters. The highest BCUT2D eigenvalue weighted by Crippen LogP contribution is 2.38. The van der Waals surface area contributed by atoms with E-state index in [2.05, 4.69) is 13.8 Å². The third kappa shape index (κ3) is 16.5. The average Bonchev–Trinajstić information content (AvgIpc) is 3.02. The smallest absolute Gasteiger partial charge is 0.305 e. The maximum Gasteiger partial charge on any atom is 0.305 e. The Morgan fingerprint density at radius 1 is 0.545 bits per heavy atom. The second-order valence-electron chi connectivity index (χ2n) is 13.2. The molecule has 0 aromatic heterocycles. The third-order valence-electron chi connectivity index (χ3n) is 9.33. The molecule has 0 spiro atoms. The first-order valence-corrected chi connectivity index (χ1v) is 18.2. The molecule has 0 fully saturated rings. The maximum absolute atomic E-state index is 12.1. The molecule has 4 nitrogen and oxygen atoms in total. The molecule has 2 N–H and O–H groups in total. The summed E-state index contributed by atoms with van der Waals surface area (Å²) in [7, 11) is 0. The molecule has 0 bridgehead atoms. The van der Waals surface area contributed by atoms with Crippen molar-refractivity contribution in [3.05, 3.63) is 59.7 Å². The lowest BCUT2D eigenvalue weighted by molar-refractivity contribution is -0.143. The summed E-state index contributed by atoms with van der Waals surface area (Å²) in [5.41, 5.74) is 2.12. The van der Waals surface area contributed by atoms with Crippen molar-refractivity contribution < 1.29 is 19.7 Å². The quantitative estimate of drug-likeness (QED) is 0.0782. The van der Waals surface area contributed by atoms with E-state index >= 15 is 0 Å². The highest BCUT2D eigenvalue weighted by atomic mass is 16.5. The fraction of sp³-hybridized carbons (Fsp3) is 0.675. The number of rotatable bonds is 27. The number of carbonyl (C=O) groups excluding carboxylic acids is 1. The molecule has 0 unspecified atom stereocenters. The predicted molar refractivity (Wildman–Crippen MR) is 185 cm³/mol. The third-order valence-corrected chi connectivity index (χ3v) is 9.33. The molecule has 0 aliphatic carbocycles. The number of phenolic OH excluding ortho intramolecular Hbond substituents is 2. The van der Waals surface area contributed by atoms with Gasteiger partial charge in [-0.3, -0.25) is 4.79 Å². The van der Waals surface area contributed by atoms with Crippen LogP contribution in [-0.2, 0) is 14.9 Å². The lowest BCUT2D eigenvalue weighted by Crippen LogP contribution is -2.23. The SMILES string of the molecule is CCCCCCCCCCCCCCCCCCOC(=O)CCCCCCCC(C)(c1ccc(O)cc1)c1ccc(O)cc1. The molecule has 0 aliphatic heterocycles. The zero-order valence-electron chi connectivity index (χ0n) is 28.3. The minimum Gasteiger partial charge on any atom is -0.508 e. The summed E-state index contributed by atoms with van der Waals surface area (Å²) in [6.07, 6.45) is 28.3. The molecular formula is C40H64O4. The molecule has 0 saturated carbocycles. The van der Waals surface area contributed by atoms with Crippen LogP contribution in [0, 0.1) is 0 Å². The number of ether oxygens (including phenoxy) is 1. The maximum atomic E-state index is 12.1. The van der Waals surface area contributed by atoms with E-state index in [0.717, 1.165) is 56.1 Å². The highest BCUT2D eigenvalue weighted by molar-refractivity contribution is 5.69. The Balaban J connectivity index is 1.43. The van der Waals surface area contributed by atoms with E-state index in [1.807, 2.05) is 24.3 Å². The van der Waals surface area contributed by atoms with E-state index in [-0.39, 0.29) is 22.9 Å². The minimum atomic E-state index is -0.197. The number of hydrogen-bond acceptors (Lipinski definition) is 4. The Labute approximate surface area is 270 Å². The first-order valence-electron chi connectivity index (χ1n) is 18.2. The van der Waals surface area contributed by atoms with Crippen LogP contribution < -0.4 is 0 Å². The summed E-state index contributed by atoms with van der Waals surface area (Å²) < 4.78 is 5.47. The number of phenols is 2. The summed E-state index contributed by atoms with van der Waals surface area (Å²) in [6.45, 7) is 5.09. The number of unbranched alkanes of at least 4 members (excludes halogenated alkanes) is 19. The lowest BCUT2D eigenvalue weighted by Gasteiger charge is -2.31. The predicted octanol–water partition coefficient (Wildman–Crippen LogP) is 11.9. The van der Waals surface area contributed by atoms with Gasteiger partial charge in [-0.05, 0) is 54.7 Å². The van der Waals surface area contributed by atoms with Crippen molar-refractivity contribution in [2.75, 3.05) is 6.61 Å². The first kappa shape index (κ1) is 37.7. The molecule has 4 heteroatoms. The van der Waals surface area contributed by atoms with Gasteiger partial charge in [-0.2, -0.15) is 0 Å². The summed E-state index contributed by atoms with van der Waals surface area (Å²) in [5, 5.41) is 19.5. The number of benzene rings is 2. The van der Waals surface area contributed by atoms with Crippen molar-refractivity contribution in [1.82, 2.24) is 0 Å². The van der Waals surface area contributed by atoms with Crippen LogP contribution in [0.5, 0.6) is 11.5 Å². The van der Waals surface area contributed by atoms with Crippen LogP contribution in [-0.4, -0.2) is 22.8 Å². The van der Waals surface area contributed by atoms with Crippen LogP contribution in [0.15, 0.2) is 48.5 Å². The second-order valence-corrected chi connectivity index (χ2v) is 13.2. The lowest BCUT2D eigenvalue weighted by atomic mass is 9.72. The van der Waals surface area contributed by atoms with Gasteiger partial charge in [-0.25, -0.2) is 0 Å². The van der Waals surface area contributed by atoms with Crippen LogP contribution in [0.25, 0.3) is 0 Å². The van der Waals surface area contributed by atoms with Gasteiger partial charge in [0.1, 0.15) is 11.5 Å². The normalized spacial score (nSPS) is 11.6. The largest absolute Gasteiger partial charge is 0.508 e. The van der Waals surface area contributed by atoms with Gasteiger partial charge in [0, 0.05) is 11.8 Å². The van der Waals surface area contributed by atoms with Crippen LogP contribution in [0.3, 0.4) is 0 Å². The zero-order valence-corrected chi connectivity index (χ0v) is 28.3. The first-order chi connectivity index (χ1) is 21.5. The van der Waals surface area contributed by atoms with E-state index in [4.69, 9.17) is 4.74 Å². The van der Waals surface area contributed by atoms with Crippen molar-refractivity contribution in [2.24, 2.45) is 0 Å². The van der Waals surface area contributed by atoms with Crippen molar-refractivity contribution in [3.8, 4) is 11.5 Å². The van der Waals surface area contributed by atoms with Crippen molar-refractivity contribution in [1.29, 1.82) is 0 Å². The number of hydrogen-bond donors (Lipinski definition) is 2. The summed E-state index contributed by atoms with van der Waals surface area (Å²) in [4.78, 5) is 12.1. The Hall–Kier alpha value is -2.49.